The summed E-state index contributed by atoms with van der Waals surface area (Å²) in [5, 5.41) is 0.612. The first-order valence-electron chi connectivity index (χ1n) is 7.53. The van der Waals surface area contributed by atoms with Gasteiger partial charge < -0.3 is 4.52 Å². The number of hydrogen-bond acceptors (Lipinski definition) is 2. The van der Waals surface area contributed by atoms with Gasteiger partial charge in [0.05, 0.1) is 11.4 Å². The maximum atomic E-state index is 12.7. The van der Waals surface area contributed by atoms with Gasteiger partial charge in [-0.05, 0) is 42.7 Å². The highest BCUT2D eigenvalue weighted by Crippen LogP contribution is 2.45. The molecule has 112 valence electrons. The highest BCUT2D eigenvalue weighted by Gasteiger charge is 2.36. The lowest BCUT2D eigenvalue weighted by molar-refractivity contribution is 0.0498. The van der Waals surface area contributed by atoms with E-state index in [1.165, 1.54) is 6.42 Å². The second-order valence-electron chi connectivity index (χ2n) is 6.40. The number of nitrogens with two attached hydrogens (primary N) is 1. The molecule has 0 heterocycles. The highest BCUT2D eigenvalue weighted by atomic mass is 31.2. The van der Waals surface area contributed by atoms with Crippen LogP contribution in [0.15, 0.2) is 30.3 Å². The molecule has 20 heavy (non-hydrogen) atoms. The SMILES string of the molecule is CC(C)[C@@H]1CC[C@H](C)C[C@H]1OP(N)(=O)c1ccccc1. The van der Waals surface area contributed by atoms with Crippen molar-refractivity contribution in [3.63, 3.8) is 0 Å². The van der Waals surface area contributed by atoms with E-state index < -0.39 is 7.52 Å². The zero-order chi connectivity index (χ0) is 14.8. The molecule has 0 bridgehead atoms. The van der Waals surface area contributed by atoms with E-state index in [2.05, 4.69) is 20.8 Å². The molecule has 2 rings (SSSR count). The third-order valence-corrected chi connectivity index (χ3v) is 5.97. The van der Waals surface area contributed by atoms with Crippen LogP contribution in [-0.2, 0) is 9.09 Å². The molecule has 1 unspecified atom stereocenters. The van der Waals surface area contributed by atoms with E-state index >= 15 is 0 Å². The molecular formula is C16H26NO2P. The normalized spacial score (nSPS) is 30.1. The van der Waals surface area contributed by atoms with Crippen LogP contribution in [0, 0.1) is 17.8 Å². The van der Waals surface area contributed by atoms with Crippen molar-refractivity contribution in [3.8, 4) is 0 Å². The Kier molecular flexibility index (Phi) is 5.06. The van der Waals surface area contributed by atoms with E-state index in [9.17, 15) is 4.57 Å². The maximum Gasteiger partial charge on any atom is 0.297 e. The first-order valence-corrected chi connectivity index (χ1v) is 9.22. The lowest BCUT2D eigenvalue weighted by Crippen LogP contribution is -2.35. The van der Waals surface area contributed by atoms with Crippen molar-refractivity contribution in [2.24, 2.45) is 23.3 Å². The Hall–Kier alpha value is -0.630. The van der Waals surface area contributed by atoms with E-state index in [0.29, 0.717) is 23.1 Å². The van der Waals surface area contributed by atoms with Gasteiger partial charge in [-0.15, -0.1) is 0 Å². The number of hydrogen-bond donors (Lipinski definition) is 1. The third kappa shape index (κ3) is 3.72. The van der Waals surface area contributed by atoms with E-state index in [1.807, 2.05) is 18.2 Å². The molecular weight excluding hydrogens is 269 g/mol. The molecule has 1 aromatic carbocycles. The summed E-state index contributed by atoms with van der Waals surface area (Å²) in [6.45, 7) is 6.65. The van der Waals surface area contributed by atoms with Crippen molar-refractivity contribution in [1.82, 2.24) is 0 Å². The second-order valence-corrected chi connectivity index (χ2v) is 8.32. The van der Waals surface area contributed by atoms with Crippen molar-refractivity contribution in [2.75, 3.05) is 0 Å². The summed E-state index contributed by atoms with van der Waals surface area (Å²) in [5.41, 5.74) is 6.01. The zero-order valence-corrected chi connectivity index (χ0v) is 13.6. The van der Waals surface area contributed by atoms with Crippen LogP contribution >= 0.6 is 7.52 Å². The Bertz CT molecular complexity index is 475. The molecule has 1 aromatic rings. The topological polar surface area (TPSA) is 52.3 Å². The van der Waals surface area contributed by atoms with E-state index in [0.717, 1.165) is 12.8 Å². The Labute approximate surface area is 122 Å². The van der Waals surface area contributed by atoms with Crippen LogP contribution in [-0.4, -0.2) is 6.10 Å². The van der Waals surface area contributed by atoms with E-state index in [1.54, 1.807) is 12.1 Å². The molecule has 0 amide bonds. The zero-order valence-electron chi connectivity index (χ0n) is 12.7. The summed E-state index contributed by atoms with van der Waals surface area (Å²) in [6, 6.07) is 9.17. The summed E-state index contributed by atoms with van der Waals surface area (Å²) in [4.78, 5) is 0. The van der Waals surface area contributed by atoms with Gasteiger partial charge in [-0.2, -0.15) is 0 Å². The molecule has 0 saturated heterocycles. The average Bonchev–Trinajstić information content (AvgIpc) is 2.39. The fourth-order valence-electron chi connectivity index (χ4n) is 3.13. The van der Waals surface area contributed by atoms with E-state index in [4.69, 9.17) is 10.0 Å². The molecule has 3 nitrogen and oxygen atoms in total. The monoisotopic (exact) mass is 295 g/mol. The molecule has 4 atom stereocenters. The van der Waals surface area contributed by atoms with Gasteiger partial charge in [-0.1, -0.05) is 45.4 Å². The first-order chi connectivity index (χ1) is 9.40. The van der Waals surface area contributed by atoms with Gasteiger partial charge in [0.25, 0.3) is 7.52 Å². The Balaban J connectivity index is 2.15. The summed E-state index contributed by atoms with van der Waals surface area (Å²) < 4.78 is 18.7. The predicted octanol–water partition coefficient (Wildman–Crippen LogP) is 3.94. The minimum Gasteiger partial charge on any atom is -0.311 e. The van der Waals surface area contributed by atoms with Crippen LogP contribution in [0.4, 0.5) is 0 Å². The summed E-state index contributed by atoms with van der Waals surface area (Å²) in [7, 11) is -3.22. The molecule has 0 aliphatic heterocycles. The highest BCUT2D eigenvalue weighted by molar-refractivity contribution is 7.64. The van der Waals surface area contributed by atoms with Gasteiger partial charge >= 0.3 is 0 Å². The molecule has 1 fully saturated rings. The fraction of sp³-hybridized carbons (Fsp3) is 0.625. The lowest BCUT2D eigenvalue weighted by atomic mass is 9.75. The van der Waals surface area contributed by atoms with Gasteiger partial charge in [-0.25, -0.2) is 0 Å². The molecule has 0 radical (unpaired) electrons. The molecule has 1 aliphatic carbocycles. The molecule has 1 aliphatic rings. The quantitative estimate of drug-likeness (QED) is 0.856. The number of rotatable bonds is 4. The largest absolute Gasteiger partial charge is 0.311 e. The van der Waals surface area contributed by atoms with Crippen molar-refractivity contribution in [3.05, 3.63) is 30.3 Å². The van der Waals surface area contributed by atoms with Crippen LogP contribution in [0.3, 0.4) is 0 Å². The minimum absolute atomic E-state index is 0.00906. The predicted molar refractivity (Wildman–Crippen MR) is 84.1 cm³/mol. The van der Waals surface area contributed by atoms with Crippen molar-refractivity contribution < 1.29 is 9.09 Å². The Morgan fingerprint density at radius 2 is 1.90 bits per heavy atom. The van der Waals surface area contributed by atoms with Gasteiger partial charge in [0.15, 0.2) is 0 Å². The summed E-state index contributed by atoms with van der Waals surface area (Å²) >= 11 is 0. The Morgan fingerprint density at radius 3 is 2.50 bits per heavy atom. The molecule has 4 heteroatoms. The van der Waals surface area contributed by atoms with Crippen molar-refractivity contribution in [1.29, 1.82) is 0 Å². The van der Waals surface area contributed by atoms with Crippen molar-refractivity contribution in [2.45, 2.75) is 46.1 Å². The van der Waals surface area contributed by atoms with Gasteiger partial charge in [-0.3, -0.25) is 10.1 Å². The second kappa shape index (κ2) is 6.43. The molecule has 1 saturated carbocycles. The molecule has 2 N–H and O–H groups in total. The van der Waals surface area contributed by atoms with Crippen LogP contribution in [0.25, 0.3) is 0 Å². The lowest BCUT2D eigenvalue weighted by Gasteiger charge is -2.38. The standard InChI is InChI=1S/C16H26NO2P/c1-12(2)15-10-9-13(3)11-16(15)19-20(17,18)14-7-5-4-6-8-14/h4-8,12-13,15-16H,9-11H2,1-3H3,(H2,17,18)/t13-,15-,16+,20?/m0/s1. The van der Waals surface area contributed by atoms with Crippen LogP contribution in [0.5, 0.6) is 0 Å². The summed E-state index contributed by atoms with van der Waals surface area (Å²) in [6.07, 6.45) is 3.33. The van der Waals surface area contributed by atoms with E-state index in [-0.39, 0.29) is 6.10 Å². The molecule has 0 aromatic heterocycles. The van der Waals surface area contributed by atoms with Gasteiger partial charge in [0.1, 0.15) is 0 Å². The average molecular weight is 295 g/mol. The van der Waals surface area contributed by atoms with Crippen LogP contribution < -0.4 is 10.8 Å². The Morgan fingerprint density at radius 1 is 1.25 bits per heavy atom. The maximum absolute atomic E-state index is 12.7. The summed E-state index contributed by atoms with van der Waals surface area (Å²) in [5.74, 6) is 1.60. The van der Waals surface area contributed by atoms with Gasteiger partial charge in [0, 0.05) is 0 Å². The third-order valence-electron chi connectivity index (χ3n) is 4.37. The van der Waals surface area contributed by atoms with Crippen molar-refractivity contribution >= 4 is 12.8 Å². The first kappa shape index (κ1) is 15.8. The smallest absolute Gasteiger partial charge is 0.297 e. The fourth-order valence-corrected chi connectivity index (χ4v) is 4.49. The molecule has 0 spiro atoms. The minimum atomic E-state index is -3.22. The van der Waals surface area contributed by atoms with Crippen LogP contribution in [0.1, 0.15) is 40.0 Å². The number of benzene rings is 1. The van der Waals surface area contributed by atoms with Crippen LogP contribution in [0.2, 0.25) is 0 Å². The van der Waals surface area contributed by atoms with Gasteiger partial charge in [0.2, 0.25) is 0 Å².